The number of carbonyl (C=O) groups is 1. The van der Waals surface area contributed by atoms with E-state index in [0.29, 0.717) is 16.5 Å². The normalized spacial score (nSPS) is 10.4. The molecule has 2 N–H and O–H groups in total. The summed E-state index contributed by atoms with van der Waals surface area (Å²) in [6, 6.07) is 5.38. The molecule has 1 rings (SSSR count). The SMILES string of the molecule is COc1ccc(Cl)c(NC(=O)CNC(C)C)c1. The van der Waals surface area contributed by atoms with Crippen LogP contribution >= 0.6 is 11.6 Å². The van der Waals surface area contributed by atoms with Crippen molar-refractivity contribution in [3.05, 3.63) is 23.2 Å². The monoisotopic (exact) mass is 256 g/mol. The molecule has 4 nitrogen and oxygen atoms in total. The van der Waals surface area contributed by atoms with E-state index in [-0.39, 0.29) is 18.5 Å². The molecule has 1 aromatic carbocycles. The number of ether oxygens (including phenoxy) is 1. The van der Waals surface area contributed by atoms with Crippen LogP contribution in [0.2, 0.25) is 5.02 Å². The summed E-state index contributed by atoms with van der Waals surface area (Å²) in [4.78, 5) is 11.6. The molecular weight excluding hydrogens is 240 g/mol. The molecule has 0 radical (unpaired) electrons. The maximum absolute atomic E-state index is 11.6. The molecule has 0 spiro atoms. The van der Waals surface area contributed by atoms with Gasteiger partial charge in [0.25, 0.3) is 0 Å². The van der Waals surface area contributed by atoms with Crippen LogP contribution in [0, 0.1) is 0 Å². The minimum Gasteiger partial charge on any atom is -0.497 e. The standard InChI is InChI=1S/C12H17ClN2O2/c1-8(2)14-7-12(16)15-11-6-9(17-3)4-5-10(11)13/h4-6,8,14H,7H2,1-3H3,(H,15,16). The Labute approximate surface area is 106 Å². The topological polar surface area (TPSA) is 50.4 Å². The largest absolute Gasteiger partial charge is 0.497 e. The molecule has 0 aliphatic heterocycles. The van der Waals surface area contributed by atoms with Gasteiger partial charge in [0, 0.05) is 12.1 Å². The summed E-state index contributed by atoms with van der Waals surface area (Å²) in [5, 5.41) is 6.24. The highest BCUT2D eigenvalue weighted by Gasteiger charge is 2.07. The van der Waals surface area contributed by atoms with Gasteiger partial charge in [0.05, 0.1) is 24.4 Å². The van der Waals surface area contributed by atoms with Gasteiger partial charge in [0.2, 0.25) is 5.91 Å². The van der Waals surface area contributed by atoms with Crippen LogP contribution in [0.5, 0.6) is 5.75 Å². The molecular formula is C12H17ClN2O2. The minimum atomic E-state index is -0.131. The Morgan fingerprint density at radius 2 is 2.18 bits per heavy atom. The summed E-state index contributed by atoms with van der Waals surface area (Å²) in [7, 11) is 1.56. The van der Waals surface area contributed by atoms with Gasteiger partial charge in [-0.3, -0.25) is 4.79 Å². The molecule has 0 saturated carbocycles. The number of hydrogen-bond acceptors (Lipinski definition) is 3. The first kappa shape index (κ1) is 13.8. The Hall–Kier alpha value is -1.26. The number of rotatable bonds is 5. The highest BCUT2D eigenvalue weighted by molar-refractivity contribution is 6.33. The van der Waals surface area contributed by atoms with E-state index < -0.39 is 0 Å². The smallest absolute Gasteiger partial charge is 0.238 e. The fourth-order valence-electron chi connectivity index (χ4n) is 1.22. The van der Waals surface area contributed by atoms with Gasteiger partial charge in [-0.1, -0.05) is 25.4 Å². The summed E-state index contributed by atoms with van der Waals surface area (Å²) in [6.07, 6.45) is 0. The molecule has 0 unspecified atom stereocenters. The number of nitrogens with one attached hydrogen (secondary N) is 2. The van der Waals surface area contributed by atoms with Gasteiger partial charge in [-0.2, -0.15) is 0 Å². The molecule has 1 amide bonds. The highest BCUT2D eigenvalue weighted by Crippen LogP contribution is 2.26. The highest BCUT2D eigenvalue weighted by atomic mass is 35.5. The molecule has 0 atom stereocenters. The Kier molecular flexibility index (Phi) is 5.25. The lowest BCUT2D eigenvalue weighted by Gasteiger charge is -2.11. The zero-order valence-corrected chi connectivity index (χ0v) is 11.0. The number of carbonyl (C=O) groups excluding carboxylic acids is 1. The van der Waals surface area contributed by atoms with Crippen molar-refractivity contribution in [2.75, 3.05) is 19.0 Å². The first-order valence-corrected chi connectivity index (χ1v) is 5.77. The Balaban J connectivity index is 2.64. The summed E-state index contributed by atoms with van der Waals surface area (Å²) in [5.74, 6) is 0.523. The summed E-state index contributed by atoms with van der Waals surface area (Å²) in [5.41, 5.74) is 0.557. The first-order chi connectivity index (χ1) is 8.02. The molecule has 0 fully saturated rings. The number of hydrogen-bond donors (Lipinski definition) is 2. The maximum atomic E-state index is 11.6. The van der Waals surface area contributed by atoms with Crippen molar-refractivity contribution in [3.8, 4) is 5.75 Å². The van der Waals surface area contributed by atoms with E-state index in [0.717, 1.165) is 0 Å². The van der Waals surface area contributed by atoms with Gasteiger partial charge in [0.1, 0.15) is 5.75 Å². The third kappa shape index (κ3) is 4.63. The molecule has 0 saturated heterocycles. The summed E-state index contributed by atoms with van der Waals surface area (Å²) < 4.78 is 5.06. The molecule has 0 aliphatic carbocycles. The predicted molar refractivity (Wildman–Crippen MR) is 69.8 cm³/mol. The molecule has 17 heavy (non-hydrogen) atoms. The van der Waals surface area contributed by atoms with Crippen molar-refractivity contribution < 1.29 is 9.53 Å². The molecule has 5 heteroatoms. The van der Waals surface area contributed by atoms with E-state index in [1.54, 1.807) is 25.3 Å². The first-order valence-electron chi connectivity index (χ1n) is 5.39. The van der Waals surface area contributed by atoms with Crippen molar-refractivity contribution in [3.63, 3.8) is 0 Å². The quantitative estimate of drug-likeness (QED) is 0.850. The third-order valence-electron chi connectivity index (χ3n) is 2.12. The average Bonchev–Trinajstić information content (AvgIpc) is 2.29. The van der Waals surface area contributed by atoms with Crippen LogP contribution in [0.15, 0.2) is 18.2 Å². The molecule has 0 heterocycles. The molecule has 94 valence electrons. The zero-order valence-electron chi connectivity index (χ0n) is 10.2. The summed E-state index contributed by atoms with van der Waals surface area (Å²) in [6.45, 7) is 4.21. The van der Waals surface area contributed by atoms with E-state index >= 15 is 0 Å². The van der Waals surface area contributed by atoms with Crippen molar-refractivity contribution in [2.45, 2.75) is 19.9 Å². The predicted octanol–water partition coefficient (Wildman–Crippen LogP) is 2.29. The van der Waals surface area contributed by atoms with Crippen LogP contribution in [0.4, 0.5) is 5.69 Å². The van der Waals surface area contributed by atoms with E-state index in [1.165, 1.54) is 0 Å². The third-order valence-corrected chi connectivity index (χ3v) is 2.45. The van der Waals surface area contributed by atoms with Crippen molar-refractivity contribution >= 4 is 23.2 Å². The van der Waals surface area contributed by atoms with Gasteiger partial charge in [0.15, 0.2) is 0 Å². The number of amides is 1. The molecule has 0 aromatic heterocycles. The second-order valence-electron chi connectivity index (χ2n) is 3.93. The minimum absolute atomic E-state index is 0.131. The molecule has 0 aliphatic rings. The molecule has 1 aromatic rings. The zero-order chi connectivity index (χ0) is 12.8. The van der Waals surface area contributed by atoms with Gasteiger partial charge < -0.3 is 15.4 Å². The van der Waals surface area contributed by atoms with Crippen LogP contribution in [-0.4, -0.2) is 25.6 Å². The Bertz CT molecular complexity index is 394. The van der Waals surface area contributed by atoms with Crippen molar-refractivity contribution in [2.24, 2.45) is 0 Å². The number of halogens is 1. The maximum Gasteiger partial charge on any atom is 0.238 e. The van der Waals surface area contributed by atoms with Gasteiger partial charge >= 0.3 is 0 Å². The van der Waals surface area contributed by atoms with Gasteiger partial charge in [-0.05, 0) is 12.1 Å². The van der Waals surface area contributed by atoms with E-state index in [4.69, 9.17) is 16.3 Å². The van der Waals surface area contributed by atoms with Crippen LogP contribution in [0.25, 0.3) is 0 Å². The van der Waals surface area contributed by atoms with Gasteiger partial charge in [-0.25, -0.2) is 0 Å². The van der Waals surface area contributed by atoms with Crippen molar-refractivity contribution in [1.82, 2.24) is 5.32 Å². The Morgan fingerprint density at radius 1 is 1.47 bits per heavy atom. The second kappa shape index (κ2) is 6.47. The van der Waals surface area contributed by atoms with E-state index in [2.05, 4.69) is 10.6 Å². The fourth-order valence-corrected chi connectivity index (χ4v) is 1.38. The van der Waals surface area contributed by atoms with E-state index in [9.17, 15) is 4.79 Å². The van der Waals surface area contributed by atoms with E-state index in [1.807, 2.05) is 13.8 Å². The lowest BCUT2D eigenvalue weighted by Crippen LogP contribution is -2.32. The summed E-state index contributed by atoms with van der Waals surface area (Å²) >= 11 is 5.97. The fraction of sp³-hybridized carbons (Fsp3) is 0.417. The average molecular weight is 257 g/mol. The number of anilines is 1. The lowest BCUT2D eigenvalue weighted by molar-refractivity contribution is -0.115. The van der Waals surface area contributed by atoms with Crippen LogP contribution < -0.4 is 15.4 Å². The number of methoxy groups -OCH3 is 1. The Morgan fingerprint density at radius 3 is 2.76 bits per heavy atom. The van der Waals surface area contributed by atoms with Gasteiger partial charge in [-0.15, -0.1) is 0 Å². The lowest BCUT2D eigenvalue weighted by atomic mass is 10.3. The number of benzene rings is 1. The van der Waals surface area contributed by atoms with Crippen LogP contribution in [0.3, 0.4) is 0 Å². The second-order valence-corrected chi connectivity index (χ2v) is 4.34. The molecule has 0 bridgehead atoms. The van der Waals surface area contributed by atoms with Crippen LogP contribution in [-0.2, 0) is 4.79 Å². The van der Waals surface area contributed by atoms with Crippen molar-refractivity contribution in [1.29, 1.82) is 0 Å². The van der Waals surface area contributed by atoms with Crippen LogP contribution in [0.1, 0.15) is 13.8 Å².